The van der Waals surface area contributed by atoms with Crippen molar-refractivity contribution in [3.05, 3.63) is 46.7 Å². The molecule has 4 fully saturated rings. The van der Waals surface area contributed by atoms with E-state index in [0.717, 1.165) is 58.2 Å². The van der Waals surface area contributed by atoms with E-state index in [1.165, 1.54) is 6.07 Å². The summed E-state index contributed by atoms with van der Waals surface area (Å²) in [7, 11) is 0. The Labute approximate surface area is 265 Å². The minimum Gasteiger partial charge on any atom is -0.508 e. The zero-order chi connectivity index (χ0) is 30.5. The summed E-state index contributed by atoms with van der Waals surface area (Å²) in [4.78, 5) is 14.6. The molecule has 5 heterocycles. The van der Waals surface area contributed by atoms with Gasteiger partial charge in [0.2, 0.25) is 0 Å². The van der Waals surface area contributed by atoms with Crippen molar-refractivity contribution < 1.29 is 19.0 Å². The van der Waals surface area contributed by atoms with Crippen LogP contribution in [0.1, 0.15) is 44.1 Å². The lowest BCUT2D eigenvalue weighted by molar-refractivity contribution is 0.00817. The number of nitrogens with one attached hydrogen (secondary N) is 1. The van der Waals surface area contributed by atoms with Gasteiger partial charge in [0.25, 0.3) is 0 Å². The normalized spacial score (nSPS) is 22.9. The van der Waals surface area contributed by atoms with Gasteiger partial charge in [0.15, 0.2) is 11.6 Å². The van der Waals surface area contributed by atoms with E-state index in [9.17, 15) is 5.11 Å². The lowest BCUT2D eigenvalue weighted by Crippen LogP contribution is -2.54. The summed E-state index contributed by atoms with van der Waals surface area (Å²) < 4.78 is 30.6. The van der Waals surface area contributed by atoms with Gasteiger partial charge in [-0.3, -0.25) is 4.90 Å². The molecule has 230 valence electrons. The van der Waals surface area contributed by atoms with Crippen LogP contribution in [0.2, 0.25) is 5.02 Å². The standard InChI is InChI=1S/C35H33ClFN5O3/c1-2-20-6-3-7-21-16-23(43)17-24(25(20)21)26-28(36)31-27-30(29(26)37)39-33(40-32(27)42-15-12-38-18-22(42)19-44-31)45-35(10-11-35)34-8-4-13-41(34)14-5-9-34/h1,3,6-7,16-17,22,38,43H,4-5,8-15,18-19H2. The summed E-state index contributed by atoms with van der Waals surface area (Å²) >= 11 is 7.13. The Morgan fingerprint density at radius 2 is 1.93 bits per heavy atom. The third-order valence-corrected chi connectivity index (χ3v) is 11.2. The summed E-state index contributed by atoms with van der Waals surface area (Å²) in [5, 5.41) is 16.0. The van der Waals surface area contributed by atoms with Gasteiger partial charge in [-0.1, -0.05) is 29.7 Å². The molecular weight excluding hydrogens is 593 g/mol. The Bertz CT molecular complexity index is 1950. The first-order valence-electron chi connectivity index (χ1n) is 15.9. The minimum atomic E-state index is -0.630. The molecular formula is C35H33ClFN5O3. The van der Waals surface area contributed by atoms with Crippen LogP contribution in [-0.2, 0) is 0 Å². The molecule has 1 unspecified atom stereocenters. The zero-order valence-electron chi connectivity index (χ0n) is 24.8. The van der Waals surface area contributed by atoms with Gasteiger partial charge in [0, 0.05) is 36.1 Å². The first kappa shape index (κ1) is 27.5. The van der Waals surface area contributed by atoms with Crippen LogP contribution >= 0.6 is 11.6 Å². The maximum absolute atomic E-state index is 17.3. The summed E-state index contributed by atoms with van der Waals surface area (Å²) in [6.07, 6.45) is 12.3. The predicted molar refractivity (Wildman–Crippen MR) is 172 cm³/mol. The van der Waals surface area contributed by atoms with Crippen LogP contribution in [0.5, 0.6) is 17.5 Å². The number of phenols is 1. The molecule has 1 aromatic heterocycles. The Morgan fingerprint density at radius 1 is 1.11 bits per heavy atom. The molecule has 0 spiro atoms. The smallest absolute Gasteiger partial charge is 0.319 e. The topological polar surface area (TPSA) is 83.0 Å². The van der Waals surface area contributed by atoms with Crippen molar-refractivity contribution in [3.8, 4) is 41.0 Å². The Morgan fingerprint density at radius 3 is 2.71 bits per heavy atom. The Balaban J connectivity index is 1.30. The number of nitrogens with zero attached hydrogens (tertiary/aromatic N) is 4. The molecule has 2 N–H and O–H groups in total. The third-order valence-electron chi connectivity index (χ3n) is 10.9. The fraction of sp³-hybridized carbons (Fsp3) is 0.429. The van der Waals surface area contributed by atoms with E-state index in [1.807, 2.05) is 12.1 Å². The maximum Gasteiger partial charge on any atom is 0.319 e. The van der Waals surface area contributed by atoms with Gasteiger partial charge < -0.3 is 24.8 Å². The number of benzene rings is 3. The highest BCUT2D eigenvalue weighted by molar-refractivity contribution is 6.37. The van der Waals surface area contributed by atoms with Gasteiger partial charge in [-0.25, -0.2) is 4.39 Å². The summed E-state index contributed by atoms with van der Waals surface area (Å²) in [6.45, 7) is 4.63. The number of hydrogen-bond acceptors (Lipinski definition) is 8. The van der Waals surface area contributed by atoms with E-state index in [1.54, 1.807) is 12.1 Å². The van der Waals surface area contributed by atoms with Gasteiger partial charge in [-0.15, -0.1) is 6.42 Å². The molecule has 9 rings (SSSR count). The van der Waals surface area contributed by atoms with Crippen LogP contribution in [0.25, 0.3) is 32.8 Å². The van der Waals surface area contributed by atoms with Crippen LogP contribution < -0.4 is 19.7 Å². The SMILES string of the molecule is C#Cc1cccc2cc(O)cc(-c3c(Cl)c4c5c(nc(OC6(C78CCCN7CCC8)CC6)nc5c3F)N3CCNCC3CO4)c12. The monoisotopic (exact) mass is 625 g/mol. The molecule has 4 aliphatic heterocycles. The van der Waals surface area contributed by atoms with Gasteiger partial charge in [-0.05, 0) is 80.8 Å². The van der Waals surface area contributed by atoms with Crippen molar-refractivity contribution in [2.75, 3.05) is 44.2 Å². The Hall–Kier alpha value is -3.84. The maximum atomic E-state index is 17.3. The minimum absolute atomic E-state index is 0.0128. The van der Waals surface area contributed by atoms with Crippen molar-refractivity contribution in [1.29, 1.82) is 0 Å². The molecule has 10 heteroatoms. The predicted octanol–water partition coefficient (Wildman–Crippen LogP) is 5.64. The van der Waals surface area contributed by atoms with Crippen LogP contribution in [0.4, 0.5) is 10.2 Å². The molecule has 0 radical (unpaired) electrons. The molecule has 5 aliphatic rings. The number of aromatic hydroxyl groups is 1. The lowest BCUT2D eigenvalue weighted by atomic mass is 9.85. The van der Waals surface area contributed by atoms with E-state index >= 15 is 4.39 Å². The average molecular weight is 626 g/mol. The average Bonchev–Trinajstić information content (AvgIpc) is 3.57. The van der Waals surface area contributed by atoms with Crippen LogP contribution in [0.3, 0.4) is 0 Å². The Kier molecular flexibility index (Phi) is 6.00. The van der Waals surface area contributed by atoms with Crippen LogP contribution in [0.15, 0.2) is 30.3 Å². The molecule has 3 aromatic carbocycles. The first-order valence-corrected chi connectivity index (χ1v) is 16.3. The fourth-order valence-electron chi connectivity index (χ4n) is 8.76. The second-order valence-corrected chi connectivity index (χ2v) is 13.5. The second kappa shape index (κ2) is 9.83. The number of rotatable bonds is 4. The van der Waals surface area contributed by atoms with Crippen molar-refractivity contribution >= 4 is 39.1 Å². The number of fused-ring (bicyclic) bond motifs is 4. The van der Waals surface area contributed by atoms with Crippen LogP contribution in [0, 0.1) is 18.2 Å². The van der Waals surface area contributed by atoms with Gasteiger partial charge in [-0.2, -0.15) is 9.97 Å². The number of terminal acetylenes is 1. The van der Waals surface area contributed by atoms with E-state index in [2.05, 4.69) is 21.0 Å². The van der Waals surface area contributed by atoms with E-state index in [0.29, 0.717) is 58.5 Å². The molecule has 1 aliphatic carbocycles. The first-order chi connectivity index (χ1) is 21.9. The number of piperazine rings is 1. The number of halogens is 2. The number of hydrogen-bond donors (Lipinski definition) is 2. The largest absolute Gasteiger partial charge is 0.508 e. The molecule has 1 atom stereocenters. The number of aromatic nitrogens is 2. The zero-order valence-corrected chi connectivity index (χ0v) is 25.6. The van der Waals surface area contributed by atoms with Gasteiger partial charge >= 0.3 is 6.01 Å². The molecule has 3 saturated heterocycles. The number of anilines is 1. The summed E-state index contributed by atoms with van der Waals surface area (Å²) in [5.74, 6) is 2.96. The third kappa shape index (κ3) is 3.86. The highest BCUT2D eigenvalue weighted by Gasteiger charge is 2.67. The van der Waals surface area contributed by atoms with E-state index in [-0.39, 0.29) is 45.0 Å². The molecule has 4 aromatic rings. The quantitative estimate of drug-likeness (QED) is 0.282. The fourth-order valence-corrected chi connectivity index (χ4v) is 9.09. The van der Waals surface area contributed by atoms with Crippen LogP contribution in [-0.4, -0.2) is 76.5 Å². The number of ether oxygens (including phenoxy) is 2. The van der Waals surface area contributed by atoms with E-state index < -0.39 is 5.82 Å². The second-order valence-electron chi connectivity index (χ2n) is 13.1. The molecule has 0 amide bonds. The lowest BCUT2D eigenvalue weighted by Gasteiger charge is -2.40. The summed E-state index contributed by atoms with van der Waals surface area (Å²) in [5.41, 5.74) is 0.714. The molecule has 0 bridgehead atoms. The molecule has 8 nitrogen and oxygen atoms in total. The van der Waals surface area contributed by atoms with Crippen molar-refractivity contribution in [2.24, 2.45) is 0 Å². The molecule has 45 heavy (non-hydrogen) atoms. The van der Waals surface area contributed by atoms with Crippen molar-refractivity contribution in [1.82, 2.24) is 20.2 Å². The van der Waals surface area contributed by atoms with Crippen molar-refractivity contribution in [2.45, 2.75) is 55.7 Å². The molecule has 1 saturated carbocycles. The highest BCUT2D eigenvalue weighted by Crippen LogP contribution is 2.59. The number of phenolic OH excluding ortho intramolecular Hbond substituents is 1. The van der Waals surface area contributed by atoms with Crippen molar-refractivity contribution in [3.63, 3.8) is 0 Å². The van der Waals surface area contributed by atoms with Gasteiger partial charge in [0.05, 0.1) is 22.0 Å². The van der Waals surface area contributed by atoms with E-state index in [4.69, 9.17) is 37.5 Å². The summed E-state index contributed by atoms with van der Waals surface area (Å²) in [6, 6.07) is 8.70. The van der Waals surface area contributed by atoms with Gasteiger partial charge in [0.1, 0.15) is 29.3 Å². The highest BCUT2D eigenvalue weighted by atomic mass is 35.5.